The number of rotatable bonds is 20. The molecule has 0 bridgehead atoms. The van der Waals surface area contributed by atoms with Crippen LogP contribution in [0.1, 0.15) is 143 Å². The highest BCUT2D eigenvalue weighted by Crippen LogP contribution is 2.69. The number of nitrogens with two attached hydrogens (primary N) is 3. The van der Waals surface area contributed by atoms with E-state index in [-0.39, 0.29) is 127 Å². The molecule has 0 aromatic rings. The molecule has 4 saturated carbocycles. The van der Waals surface area contributed by atoms with Crippen LogP contribution in [0, 0.1) is 46.3 Å². The Morgan fingerprint density at radius 1 is 0.712 bits per heavy atom. The van der Waals surface area contributed by atoms with E-state index in [1.807, 2.05) is 0 Å². The molecule has 298 valence electrons. The molecule has 52 heavy (non-hydrogen) atoms. The number of fused-ring (bicyclic) bond motifs is 5. The van der Waals surface area contributed by atoms with Crippen LogP contribution in [0.25, 0.3) is 0 Å². The van der Waals surface area contributed by atoms with Gasteiger partial charge in [-0.25, -0.2) is 0 Å². The Morgan fingerprint density at radius 3 is 2.02 bits per heavy atom. The van der Waals surface area contributed by atoms with Gasteiger partial charge in [0.25, 0.3) is 0 Å². The molecule has 4 aliphatic rings. The van der Waals surface area contributed by atoms with E-state index in [1.54, 1.807) is 0 Å². The van der Waals surface area contributed by atoms with Gasteiger partial charge in [-0.15, -0.1) is 0 Å². The second kappa shape index (κ2) is 19.9. The minimum atomic E-state index is -0.371. The van der Waals surface area contributed by atoms with E-state index in [0.29, 0.717) is 38.7 Å². The van der Waals surface area contributed by atoms with E-state index in [2.05, 4.69) is 27.7 Å². The average molecular weight is 734 g/mol. The summed E-state index contributed by atoms with van der Waals surface area (Å²) in [6.45, 7) is 10.3. The molecule has 0 aromatic carbocycles. The fraction of sp³-hybridized carbons (Fsp3) is 0.902. The molecule has 11 nitrogen and oxygen atoms in total. The van der Waals surface area contributed by atoms with Gasteiger partial charge in [0.2, 0.25) is 0 Å². The summed E-state index contributed by atoms with van der Waals surface area (Å²) in [4.78, 5) is 51.6. The highest BCUT2D eigenvalue weighted by Gasteiger charge is 2.67. The van der Waals surface area contributed by atoms with E-state index in [0.717, 1.165) is 38.5 Å². The zero-order valence-electron chi connectivity index (χ0n) is 32.8. The van der Waals surface area contributed by atoms with Gasteiger partial charge in [-0.2, -0.15) is 0 Å². The van der Waals surface area contributed by atoms with Crippen molar-refractivity contribution in [1.82, 2.24) is 0 Å². The second-order valence-electron chi connectivity index (χ2n) is 17.0. The zero-order valence-corrected chi connectivity index (χ0v) is 32.8. The molecule has 0 aromatic heterocycles. The summed E-state index contributed by atoms with van der Waals surface area (Å²) < 4.78 is 24.3. The first kappa shape index (κ1) is 42.5. The molecule has 11 atom stereocenters. The van der Waals surface area contributed by atoms with Crippen LogP contribution in [0.15, 0.2) is 0 Å². The number of hydrogen-bond donors (Lipinski definition) is 3. The molecule has 0 aliphatic heterocycles. The van der Waals surface area contributed by atoms with Crippen LogP contribution < -0.4 is 17.2 Å². The molecule has 4 aliphatic carbocycles. The molecular weight excluding hydrogens is 662 g/mol. The summed E-state index contributed by atoms with van der Waals surface area (Å²) in [6.07, 6.45) is 13.2. The van der Waals surface area contributed by atoms with Gasteiger partial charge in [-0.3, -0.25) is 19.2 Å². The number of hydrogen-bond acceptors (Lipinski definition) is 11. The molecule has 11 heteroatoms. The van der Waals surface area contributed by atoms with E-state index in [1.165, 1.54) is 25.7 Å². The number of ether oxygens (including phenoxy) is 4. The average Bonchev–Trinajstić information content (AvgIpc) is 3.46. The van der Waals surface area contributed by atoms with Gasteiger partial charge in [0.05, 0.1) is 25.9 Å². The molecule has 0 heterocycles. The molecule has 0 spiro atoms. The lowest BCUT2D eigenvalue weighted by molar-refractivity contribution is -0.225. The molecule has 0 amide bonds. The Kier molecular flexibility index (Phi) is 16.3. The second-order valence-corrected chi connectivity index (χ2v) is 17.0. The third-order valence-electron chi connectivity index (χ3n) is 13.9. The van der Waals surface area contributed by atoms with Gasteiger partial charge < -0.3 is 36.1 Å². The monoisotopic (exact) mass is 734 g/mol. The Morgan fingerprint density at radius 2 is 1.35 bits per heavy atom. The lowest BCUT2D eigenvalue weighted by Crippen LogP contribution is -2.63. The number of unbranched alkanes of at least 4 members (excludes halogenated alkanes) is 5. The fourth-order valence-corrected chi connectivity index (χ4v) is 11.2. The number of esters is 4. The van der Waals surface area contributed by atoms with Crippen molar-refractivity contribution in [2.75, 3.05) is 26.2 Å². The van der Waals surface area contributed by atoms with E-state index in [4.69, 9.17) is 36.1 Å². The summed E-state index contributed by atoms with van der Waals surface area (Å²) in [7, 11) is 0. The van der Waals surface area contributed by atoms with Gasteiger partial charge >= 0.3 is 23.9 Å². The standard InChI is InChI=1S/C41H71N3O8/c1-5-6-7-8-9-10-23-49-35(45)14-11-27(2)30-12-13-31-39-32(26-34(41(30,31)4)52-38(48)18-22-44)40(3)19-15-29(50-36(46)16-20-42)24-28(40)25-33(39)51-37(47)17-21-43/h27-34,39H,5-26,42-44H2,1-4H3/t27?,28-,29+,30?,31-,32-,33+,34-,39-,40-,41+/m0/s1. The van der Waals surface area contributed by atoms with Crippen LogP contribution in [-0.4, -0.2) is 68.4 Å². The summed E-state index contributed by atoms with van der Waals surface area (Å²) in [5.41, 5.74) is 16.7. The summed E-state index contributed by atoms with van der Waals surface area (Å²) in [5, 5.41) is 0. The lowest BCUT2D eigenvalue weighted by atomic mass is 9.43. The van der Waals surface area contributed by atoms with Crippen LogP contribution in [0.3, 0.4) is 0 Å². The van der Waals surface area contributed by atoms with Crippen molar-refractivity contribution in [2.24, 2.45) is 63.5 Å². The fourth-order valence-electron chi connectivity index (χ4n) is 11.2. The van der Waals surface area contributed by atoms with Crippen LogP contribution >= 0.6 is 0 Å². The first-order chi connectivity index (χ1) is 24.9. The number of carbonyl (C=O) groups excluding carboxylic acids is 4. The minimum Gasteiger partial charge on any atom is -0.466 e. The third kappa shape index (κ3) is 10.1. The molecule has 0 saturated heterocycles. The highest BCUT2D eigenvalue weighted by molar-refractivity contribution is 5.71. The molecular formula is C41H71N3O8. The van der Waals surface area contributed by atoms with Crippen molar-refractivity contribution in [3.05, 3.63) is 0 Å². The smallest absolute Gasteiger partial charge is 0.307 e. The summed E-state index contributed by atoms with van der Waals surface area (Å²) in [6, 6.07) is 0. The maximum absolute atomic E-state index is 13.2. The van der Waals surface area contributed by atoms with Crippen molar-refractivity contribution in [1.29, 1.82) is 0 Å². The van der Waals surface area contributed by atoms with Crippen molar-refractivity contribution >= 4 is 23.9 Å². The quantitative estimate of drug-likeness (QED) is 0.0762. The van der Waals surface area contributed by atoms with Crippen LogP contribution in [0.2, 0.25) is 0 Å². The normalized spacial score (nSPS) is 34.3. The van der Waals surface area contributed by atoms with Crippen molar-refractivity contribution < 1.29 is 38.1 Å². The zero-order chi connectivity index (χ0) is 37.9. The lowest BCUT2D eigenvalue weighted by Gasteiger charge is -2.64. The minimum absolute atomic E-state index is 0.0910. The van der Waals surface area contributed by atoms with Gasteiger partial charge in [0.1, 0.15) is 18.3 Å². The number of carbonyl (C=O) groups is 4. The van der Waals surface area contributed by atoms with Gasteiger partial charge in [-0.05, 0) is 92.8 Å². The molecule has 0 radical (unpaired) electrons. The highest BCUT2D eigenvalue weighted by atomic mass is 16.6. The van der Waals surface area contributed by atoms with E-state index < -0.39 is 0 Å². The molecule has 2 unspecified atom stereocenters. The van der Waals surface area contributed by atoms with Gasteiger partial charge in [0, 0.05) is 37.4 Å². The molecule has 4 fully saturated rings. The topological polar surface area (TPSA) is 183 Å². The van der Waals surface area contributed by atoms with Gasteiger partial charge in [-0.1, -0.05) is 59.8 Å². The van der Waals surface area contributed by atoms with Crippen LogP contribution in [0.5, 0.6) is 0 Å². The maximum Gasteiger partial charge on any atom is 0.307 e. The van der Waals surface area contributed by atoms with Gasteiger partial charge in [0.15, 0.2) is 0 Å². The summed E-state index contributed by atoms with van der Waals surface area (Å²) in [5.74, 6) is -0.00360. The first-order valence-electron chi connectivity index (χ1n) is 20.8. The first-order valence-corrected chi connectivity index (χ1v) is 20.8. The SMILES string of the molecule is CCCCCCCCOC(=O)CCC(C)C1CC[C@H]2[C@@H]3[C@H](OC(=O)CCN)C[C@@H]4C[C@H](OC(=O)CCN)CC[C@]4(C)[C@H]3C[C@H](OC(=O)CCN)[C@]12C. The van der Waals surface area contributed by atoms with Crippen LogP contribution in [0.4, 0.5) is 0 Å². The predicted molar refractivity (Wildman–Crippen MR) is 199 cm³/mol. The Labute approximate surface area is 312 Å². The Hall–Kier alpha value is -2.24. The van der Waals surface area contributed by atoms with Crippen molar-refractivity contribution in [3.63, 3.8) is 0 Å². The Balaban J connectivity index is 1.56. The van der Waals surface area contributed by atoms with Crippen molar-refractivity contribution in [3.8, 4) is 0 Å². The van der Waals surface area contributed by atoms with Crippen molar-refractivity contribution in [2.45, 2.75) is 162 Å². The Bertz CT molecular complexity index is 1180. The maximum atomic E-state index is 13.2. The third-order valence-corrected chi connectivity index (χ3v) is 13.9. The van der Waals surface area contributed by atoms with E-state index >= 15 is 0 Å². The molecule has 4 rings (SSSR count). The summed E-state index contributed by atoms with van der Waals surface area (Å²) >= 11 is 0. The molecule has 6 N–H and O–H groups in total. The van der Waals surface area contributed by atoms with E-state index in [9.17, 15) is 19.2 Å². The largest absolute Gasteiger partial charge is 0.466 e. The van der Waals surface area contributed by atoms with Crippen LogP contribution in [-0.2, 0) is 38.1 Å². The predicted octanol–water partition coefficient (Wildman–Crippen LogP) is 5.97.